The highest BCUT2D eigenvalue weighted by molar-refractivity contribution is 5.88. The quantitative estimate of drug-likeness (QED) is 0.875. The van der Waals surface area contributed by atoms with Crippen molar-refractivity contribution in [1.29, 1.82) is 0 Å². The molecule has 0 aliphatic carbocycles. The minimum Gasteiger partial charge on any atom is -0.494 e. The van der Waals surface area contributed by atoms with Crippen molar-refractivity contribution in [1.82, 2.24) is 10.3 Å². The molecule has 0 saturated heterocycles. The Kier molecular flexibility index (Phi) is 3.59. The molecule has 2 rings (SSSR count). The lowest BCUT2D eigenvalue weighted by Gasteiger charge is -2.12. The molecule has 17 heavy (non-hydrogen) atoms. The number of fused-ring (bicyclic) bond motifs is 1. The molecule has 1 N–H and O–H groups in total. The predicted octanol–water partition coefficient (Wildman–Crippen LogP) is 2.31. The van der Waals surface area contributed by atoms with Crippen LogP contribution in [0.1, 0.15) is 11.1 Å². The van der Waals surface area contributed by atoms with Gasteiger partial charge in [-0.2, -0.15) is 0 Å². The molecular formula is C14H18N2O. The van der Waals surface area contributed by atoms with Crippen LogP contribution in [0, 0.1) is 6.92 Å². The number of likely N-dealkylation sites (N-methyl/N-ethyl adjacent to an activating group) is 1. The third-order valence-electron chi connectivity index (χ3n) is 2.97. The zero-order chi connectivity index (χ0) is 12.3. The van der Waals surface area contributed by atoms with Crippen LogP contribution in [0.5, 0.6) is 5.75 Å². The molecule has 0 bridgehead atoms. The van der Waals surface area contributed by atoms with E-state index in [1.54, 1.807) is 7.11 Å². The van der Waals surface area contributed by atoms with E-state index in [1.807, 2.05) is 19.3 Å². The maximum atomic E-state index is 5.44. The van der Waals surface area contributed by atoms with Gasteiger partial charge in [0, 0.05) is 11.6 Å². The van der Waals surface area contributed by atoms with Gasteiger partial charge in [0.15, 0.2) is 0 Å². The van der Waals surface area contributed by atoms with Crippen LogP contribution in [0.15, 0.2) is 24.4 Å². The van der Waals surface area contributed by atoms with E-state index < -0.39 is 0 Å². The summed E-state index contributed by atoms with van der Waals surface area (Å²) in [5.74, 6) is 0.883. The third kappa shape index (κ3) is 2.24. The van der Waals surface area contributed by atoms with Gasteiger partial charge in [0.1, 0.15) is 11.3 Å². The van der Waals surface area contributed by atoms with Crippen LogP contribution in [0.2, 0.25) is 0 Å². The number of hydrogen-bond acceptors (Lipinski definition) is 3. The number of rotatable bonds is 4. The highest BCUT2D eigenvalue weighted by atomic mass is 16.5. The number of benzene rings is 1. The summed E-state index contributed by atoms with van der Waals surface area (Å²) in [7, 11) is 3.67. The first-order valence-electron chi connectivity index (χ1n) is 5.83. The summed E-state index contributed by atoms with van der Waals surface area (Å²) in [5.41, 5.74) is 3.42. The second-order valence-corrected chi connectivity index (χ2v) is 4.14. The van der Waals surface area contributed by atoms with E-state index in [0.717, 1.165) is 29.8 Å². The van der Waals surface area contributed by atoms with Crippen molar-refractivity contribution < 1.29 is 4.74 Å². The molecule has 0 saturated carbocycles. The van der Waals surface area contributed by atoms with Gasteiger partial charge in [-0.1, -0.05) is 12.1 Å². The van der Waals surface area contributed by atoms with E-state index in [-0.39, 0.29) is 0 Å². The Morgan fingerprint density at radius 2 is 2.24 bits per heavy atom. The molecule has 90 valence electrons. The number of nitrogens with one attached hydrogen (secondary N) is 1. The van der Waals surface area contributed by atoms with Gasteiger partial charge in [0.25, 0.3) is 0 Å². The monoisotopic (exact) mass is 230 g/mol. The normalized spacial score (nSPS) is 10.8. The molecule has 0 spiro atoms. The molecule has 1 heterocycles. The Morgan fingerprint density at radius 3 is 2.94 bits per heavy atom. The molecule has 2 aromatic rings. The van der Waals surface area contributed by atoms with Crippen LogP contribution in [0.25, 0.3) is 10.9 Å². The fourth-order valence-corrected chi connectivity index (χ4v) is 2.16. The number of hydrogen-bond donors (Lipinski definition) is 1. The van der Waals surface area contributed by atoms with Gasteiger partial charge >= 0.3 is 0 Å². The Hall–Kier alpha value is -1.61. The first-order valence-corrected chi connectivity index (χ1v) is 5.83. The summed E-state index contributed by atoms with van der Waals surface area (Å²) in [6, 6.07) is 6.27. The van der Waals surface area contributed by atoms with E-state index in [4.69, 9.17) is 4.74 Å². The van der Waals surface area contributed by atoms with E-state index in [0.29, 0.717) is 0 Å². The highest BCUT2D eigenvalue weighted by Gasteiger charge is 2.10. The summed E-state index contributed by atoms with van der Waals surface area (Å²) in [5, 5.41) is 4.36. The van der Waals surface area contributed by atoms with Crippen LogP contribution < -0.4 is 10.1 Å². The number of aromatic nitrogens is 1. The molecule has 1 aromatic carbocycles. The Labute approximate surface area is 102 Å². The standard InChI is InChI=1S/C14H18N2O/c1-10-9-11(6-8-15-2)12-5-4-7-16-13(12)14(10)17-3/h4-5,7,9,15H,6,8H2,1-3H3. The van der Waals surface area contributed by atoms with E-state index >= 15 is 0 Å². The van der Waals surface area contributed by atoms with Gasteiger partial charge < -0.3 is 10.1 Å². The van der Waals surface area contributed by atoms with Crippen molar-refractivity contribution in [3.8, 4) is 5.75 Å². The van der Waals surface area contributed by atoms with Gasteiger partial charge in [0.2, 0.25) is 0 Å². The first kappa shape index (κ1) is 11.9. The molecular weight excluding hydrogens is 212 g/mol. The number of methoxy groups -OCH3 is 1. The van der Waals surface area contributed by atoms with E-state index in [9.17, 15) is 0 Å². The maximum Gasteiger partial charge on any atom is 0.147 e. The first-order chi connectivity index (χ1) is 8.27. The SMILES string of the molecule is CNCCc1cc(C)c(OC)c2ncccc12. The number of nitrogens with zero attached hydrogens (tertiary/aromatic N) is 1. The number of ether oxygens (including phenoxy) is 1. The number of pyridine rings is 1. The van der Waals surface area contributed by atoms with Crippen LogP contribution in [-0.4, -0.2) is 25.7 Å². The fraction of sp³-hybridized carbons (Fsp3) is 0.357. The lowest BCUT2D eigenvalue weighted by Crippen LogP contribution is -2.11. The lowest BCUT2D eigenvalue weighted by atomic mass is 10.0. The van der Waals surface area contributed by atoms with Crippen LogP contribution in [0.4, 0.5) is 0 Å². The second-order valence-electron chi connectivity index (χ2n) is 4.14. The Bertz CT molecular complexity index is 523. The molecule has 0 atom stereocenters. The average molecular weight is 230 g/mol. The molecule has 0 aliphatic rings. The van der Waals surface area contributed by atoms with Crippen molar-refractivity contribution in [2.75, 3.05) is 20.7 Å². The van der Waals surface area contributed by atoms with Crippen molar-refractivity contribution in [2.45, 2.75) is 13.3 Å². The largest absolute Gasteiger partial charge is 0.494 e. The molecule has 0 fully saturated rings. The molecule has 3 nitrogen and oxygen atoms in total. The molecule has 0 aliphatic heterocycles. The fourth-order valence-electron chi connectivity index (χ4n) is 2.16. The Balaban J connectivity index is 2.61. The number of aryl methyl sites for hydroxylation is 1. The lowest BCUT2D eigenvalue weighted by molar-refractivity contribution is 0.415. The van der Waals surface area contributed by atoms with Gasteiger partial charge in [-0.15, -0.1) is 0 Å². The predicted molar refractivity (Wildman–Crippen MR) is 70.7 cm³/mol. The molecule has 3 heteroatoms. The minimum atomic E-state index is 0.883. The van der Waals surface area contributed by atoms with Gasteiger partial charge in [-0.25, -0.2) is 0 Å². The van der Waals surface area contributed by atoms with E-state index in [2.05, 4.69) is 29.4 Å². The summed E-state index contributed by atoms with van der Waals surface area (Å²) < 4.78 is 5.44. The molecule has 0 amide bonds. The zero-order valence-corrected chi connectivity index (χ0v) is 10.6. The van der Waals surface area contributed by atoms with Crippen LogP contribution in [0.3, 0.4) is 0 Å². The smallest absolute Gasteiger partial charge is 0.147 e. The van der Waals surface area contributed by atoms with Gasteiger partial charge in [-0.3, -0.25) is 4.98 Å². The average Bonchev–Trinajstić information content (AvgIpc) is 2.36. The molecule has 1 aromatic heterocycles. The minimum absolute atomic E-state index is 0.883. The summed E-state index contributed by atoms with van der Waals surface area (Å²) in [6.07, 6.45) is 2.82. The summed E-state index contributed by atoms with van der Waals surface area (Å²) >= 11 is 0. The maximum absolute atomic E-state index is 5.44. The summed E-state index contributed by atoms with van der Waals surface area (Å²) in [4.78, 5) is 4.44. The van der Waals surface area contributed by atoms with Gasteiger partial charge in [-0.05, 0) is 44.1 Å². The topological polar surface area (TPSA) is 34.1 Å². The van der Waals surface area contributed by atoms with Crippen molar-refractivity contribution in [3.63, 3.8) is 0 Å². The van der Waals surface area contributed by atoms with Crippen LogP contribution >= 0.6 is 0 Å². The van der Waals surface area contributed by atoms with Crippen LogP contribution in [-0.2, 0) is 6.42 Å². The highest BCUT2D eigenvalue weighted by Crippen LogP contribution is 2.30. The van der Waals surface area contributed by atoms with Crippen molar-refractivity contribution in [2.24, 2.45) is 0 Å². The third-order valence-corrected chi connectivity index (χ3v) is 2.97. The van der Waals surface area contributed by atoms with Crippen molar-refractivity contribution in [3.05, 3.63) is 35.5 Å². The van der Waals surface area contributed by atoms with Gasteiger partial charge in [0.05, 0.1) is 7.11 Å². The molecule has 0 unspecified atom stereocenters. The van der Waals surface area contributed by atoms with E-state index in [1.165, 1.54) is 10.9 Å². The van der Waals surface area contributed by atoms with Crippen molar-refractivity contribution >= 4 is 10.9 Å². The summed E-state index contributed by atoms with van der Waals surface area (Å²) in [6.45, 7) is 3.03. The molecule has 0 radical (unpaired) electrons. The second kappa shape index (κ2) is 5.15. The zero-order valence-electron chi connectivity index (χ0n) is 10.6. The Morgan fingerprint density at radius 1 is 1.41 bits per heavy atom.